The Morgan fingerprint density at radius 3 is 2.04 bits per heavy atom. The van der Waals surface area contributed by atoms with Gasteiger partial charge in [0.15, 0.2) is 0 Å². The number of para-hydroxylation sites is 1. The normalized spacial score (nSPS) is 10.1. The van der Waals surface area contributed by atoms with Crippen molar-refractivity contribution in [1.82, 2.24) is 0 Å². The van der Waals surface area contributed by atoms with Gasteiger partial charge < -0.3 is 16.0 Å². The molecule has 0 heterocycles. The number of urea groups is 1. The molecule has 3 aromatic rings. The smallest absolute Gasteiger partial charge is 0.319 e. The molecular weight excluding hydrogens is 369 g/mol. The van der Waals surface area contributed by atoms with Crippen molar-refractivity contribution >= 4 is 40.6 Å². The second kappa shape index (κ2) is 8.33. The minimum Gasteiger partial charge on any atom is -0.319 e. The van der Waals surface area contributed by atoms with Gasteiger partial charge in [-0.2, -0.15) is 0 Å². The van der Waals surface area contributed by atoms with Crippen LogP contribution >= 0.6 is 11.6 Å². The fraction of sp³-hybridized carbons (Fsp3) is 0. The first kappa shape index (κ1) is 18.4. The van der Waals surface area contributed by atoms with Crippen LogP contribution in [0.1, 0.15) is 10.4 Å². The zero-order valence-electron chi connectivity index (χ0n) is 14.0. The highest BCUT2D eigenvalue weighted by molar-refractivity contribution is 6.30. The third-order valence-electron chi connectivity index (χ3n) is 3.62. The second-order valence-corrected chi connectivity index (χ2v) is 6.04. The number of carbonyl (C=O) groups is 2. The number of carbonyl (C=O) groups excluding carboxylic acids is 2. The Morgan fingerprint density at radius 1 is 0.778 bits per heavy atom. The lowest BCUT2D eigenvalue weighted by atomic mass is 10.2. The van der Waals surface area contributed by atoms with E-state index in [-0.39, 0.29) is 10.7 Å². The topological polar surface area (TPSA) is 70.2 Å². The molecule has 27 heavy (non-hydrogen) atoms. The number of anilines is 3. The number of benzene rings is 3. The van der Waals surface area contributed by atoms with Gasteiger partial charge in [0.25, 0.3) is 5.91 Å². The highest BCUT2D eigenvalue weighted by Gasteiger charge is 2.10. The molecule has 3 amide bonds. The van der Waals surface area contributed by atoms with Crippen LogP contribution in [-0.2, 0) is 0 Å². The Morgan fingerprint density at radius 2 is 1.41 bits per heavy atom. The first-order valence-electron chi connectivity index (χ1n) is 8.01. The van der Waals surface area contributed by atoms with Gasteiger partial charge in [-0.1, -0.05) is 29.8 Å². The van der Waals surface area contributed by atoms with E-state index in [1.54, 1.807) is 24.3 Å². The molecule has 0 radical (unpaired) electrons. The molecule has 0 saturated carbocycles. The average molecular weight is 384 g/mol. The summed E-state index contributed by atoms with van der Waals surface area (Å²) in [5, 5.41) is 8.07. The summed E-state index contributed by atoms with van der Waals surface area (Å²) in [6.07, 6.45) is 0. The van der Waals surface area contributed by atoms with Crippen LogP contribution in [0.15, 0.2) is 72.8 Å². The molecule has 0 aliphatic rings. The maximum atomic E-state index is 13.8. The molecule has 0 aliphatic carbocycles. The fourth-order valence-corrected chi connectivity index (χ4v) is 2.46. The van der Waals surface area contributed by atoms with Crippen LogP contribution in [0.25, 0.3) is 0 Å². The summed E-state index contributed by atoms with van der Waals surface area (Å²) in [5.74, 6) is -1.09. The Hall–Kier alpha value is -3.38. The minimum absolute atomic E-state index is 0.0360. The molecule has 136 valence electrons. The zero-order chi connectivity index (χ0) is 19.2. The van der Waals surface area contributed by atoms with Crippen LogP contribution in [0.4, 0.5) is 26.2 Å². The van der Waals surface area contributed by atoms with E-state index in [0.29, 0.717) is 16.9 Å². The summed E-state index contributed by atoms with van der Waals surface area (Å²) >= 11 is 5.69. The van der Waals surface area contributed by atoms with Gasteiger partial charge in [-0.15, -0.1) is 0 Å². The first-order valence-corrected chi connectivity index (χ1v) is 8.38. The Balaban J connectivity index is 1.61. The highest BCUT2D eigenvalue weighted by Crippen LogP contribution is 2.20. The first-order chi connectivity index (χ1) is 13.0. The lowest BCUT2D eigenvalue weighted by Gasteiger charge is -2.09. The van der Waals surface area contributed by atoms with Crippen molar-refractivity contribution < 1.29 is 14.0 Å². The van der Waals surface area contributed by atoms with Gasteiger partial charge >= 0.3 is 6.03 Å². The van der Waals surface area contributed by atoms with Crippen LogP contribution in [0.2, 0.25) is 5.02 Å². The van der Waals surface area contributed by atoms with Crippen LogP contribution in [0.3, 0.4) is 0 Å². The molecule has 0 saturated heterocycles. The molecule has 0 aliphatic heterocycles. The summed E-state index contributed by atoms with van der Waals surface area (Å²) in [7, 11) is 0. The molecule has 3 aromatic carbocycles. The largest absolute Gasteiger partial charge is 0.323 e. The summed E-state index contributed by atoms with van der Waals surface area (Å²) in [6, 6.07) is 18.8. The predicted octanol–water partition coefficient (Wildman–Crippen LogP) is 5.38. The van der Waals surface area contributed by atoms with E-state index in [0.717, 1.165) is 6.07 Å². The van der Waals surface area contributed by atoms with Gasteiger partial charge in [-0.25, -0.2) is 9.18 Å². The number of nitrogens with one attached hydrogen (secondary N) is 3. The number of amides is 3. The van der Waals surface area contributed by atoms with Gasteiger partial charge in [-0.3, -0.25) is 4.79 Å². The second-order valence-electron chi connectivity index (χ2n) is 5.60. The highest BCUT2D eigenvalue weighted by atomic mass is 35.5. The molecule has 3 rings (SSSR count). The molecule has 0 fully saturated rings. The fourth-order valence-electron chi connectivity index (χ4n) is 2.31. The summed E-state index contributed by atoms with van der Waals surface area (Å²) in [6.45, 7) is 0. The zero-order valence-corrected chi connectivity index (χ0v) is 14.8. The van der Waals surface area contributed by atoms with E-state index < -0.39 is 17.8 Å². The molecule has 0 bridgehead atoms. The van der Waals surface area contributed by atoms with Crippen molar-refractivity contribution in [2.45, 2.75) is 0 Å². The third kappa shape index (κ3) is 5.05. The molecule has 0 aromatic heterocycles. The molecule has 0 unspecified atom stereocenters. The van der Waals surface area contributed by atoms with Crippen LogP contribution in [-0.4, -0.2) is 11.9 Å². The number of hydrogen-bond acceptors (Lipinski definition) is 2. The van der Waals surface area contributed by atoms with Crippen molar-refractivity contribution in [3.63, 3.8) is 0 Å². The quantitative estimate of drug-likeness (QED) is 0.566. The van der Waals surface area contributed by atoms with Gasteiger partial charge in [0.1, 0.15) is 5.82 Å². The van der Waals surface area contributed by atoms with Gasteiger partial charge in [0, 0.05) is 22.0 Å². The number of rotatable bonds is 4. The van der Waals surface area contributed by atoms with E-state index in [1.165, 1.54) is 24.3 Å². The Labute approximate surface area is 160 Å². The minimum atomic E-state index is -0.619. The maximum absolute atomic E-state index is 13.8. The van der Waals surface area contributed by atoms with Crippen molar-refractivity contribution in [3.05, 3.63) is 89.2 Å². The van der Waals surface area contributed by atoms with Crippen LogP contribution in [0, 0.1) is 5.82 Å². The maximum Gasteiger partial charge on any atom is 0.323 e. The summed E-state index contributed by atoms with van der Waals surface area (Å²) in [5.41, 5.74) is 1.53. The van der Waals surface area contributed by atoms with Crippen molar-refractivity contribution in [1.29, 1.82) is 0 Å². The van der Waals surface area contributed by atoms with Crippen molar-refractivity contribution in [3.8, 4) is 0 Å². The monoisotopic (exact) mass is 383 g/mol. The van der Waals surface area contributed by atoms with E-state index in [1.807, 2.05) is 18.2 Å². The van der Waals surface area contributed by atoms with Gasteiger partial charge in [0.05, 0.1) is 5.69 Å². The lowest BCUT2D eigenvalue weighted by molar-refractivity contribution is 0.102. The molecule has 3 N–H and O–H groups in total. The average Bonchev–Trinajstić information content (AvgIpc) is 2.65. The van der Waals surface area contributed by atoms with Crippen molar-refractivity contribution in [2.24, 2.45) is 0 Å². The van der Waals surface area contributed by atoms with E-state index in [2.05, 4.69) is 16.0 Å². The van der Waals surface area contributed by atoms with Gasteiger partial charge in [-0.05, 0) is 54.6 Å². The molecule has 0 atom stereocenters. The predicted molar refractivity (Wildman–Crippen MR) is 105 cm³/mol. The molecule has 7 heteroatoms. The SMILES string of the molecule is O=C(Nc1ccccc1)Nc1ccc(C(=O)Nc2ccc(Cl)cc2F)cc1. The van der Waals surface area contributed by atoms with E-state index >= 15 is 0 Å². The van der Waals surface area contributed by atoms with Crippen molar-refractivity contribution in [2.75, 3.05) is 16.0 Å². The summed E-state index contributed by atoms with van der Waals surface area (Å²) in [4.78, 5) is 24.2. The van der Waals surface area contributed by atoms with E-state index in [9.17, 15) is 14.0 Å². The molecular formula is C20H15ClFN3O2. The third-order valence-corrected chi connectivity index (χ3v) is 3.85. The standard InChI is InChI=1S/C20H15ClFN3O2/c21-14-8-11-18(17(22)12-14)25-19(26)13-6-9-16(10-7-13)24-20(27)23-15-4-2-1-3-5-15/h1-12H,(H,25,26)(H2,23,24,27). The van der Waals surface area contributed by atoms with Gasteiger partial charge in [0.2, 0.25) is 0 Å². The number of halogens is 2. The molecule has 5 nitrogen and oxygen atoms in total. The molecule has 0 spiro atoms. The number of hydrogen-bond donors (Lipinski definition) is 3. The van der Waals surface area contributed by atoms with E-state index in [4.69, 9.17) is 11.6 Å². The summed E-state index contributed by atoms with van der Waals surface area (Å²) < 4.78 is 13.8. The Bertz CT molecular complexity index is 963. The lowest BCUT2D eigenvalue weighted by Crippen LogP contribution is -2.19. The van der Waals surface area contributed by atoms with Crippen LogP contribution < -0.4 is 16.0 Å². The van der Waals surface area contributed by atoms with Crippen LogP contribution in [0.5, 0.6) is 0 Å². The Kier molecular flexibility index (Phi) is 5.68.